The zero-order chi connectivity index (χ0) is 9.42. The predicted octanol–water partition coefficient (Wildman–Crippen LogP) is 1.56. The molecule has 6 heteroatoms. The largest absolute Gasteiger partial charge is 0.768 e. The Morgan fingerprint density at radius 3 is 3.00 bits per heavy atom. The number of nitrogens with zero attached hydrogens (tertiary/aromatic N) is 1. The van der Waals surface area contributed by atoms with Crippen molar-refractivity contribution in [2.24, 2.45) is 0 Å². The molecule has 0 aliphatic rings. The van der Waals surface area contributed by atoms with Crippen molar-refractivity contribution in [2.45, 2.75) is 4.90 Å². The Hall–Kier alpha value is -0.720. The molecule has 68 valence electrons. The highest BCUT2D eigenvalue weighted by molar-refractivity contribution is 9.10. The van der Waals surface area contributed by atoms with Gasteiger partial charge in [-0.2, -0.15) is 0 Å². The molecule has 4 nitrogen and oxygen atoms in total. The molecule has 2 heterocycles. The molecular weight excluding hydrogens is 256 g/mol. The molecule has 0 bridgehead atoms. The van der Waals surface area contributed by atoms with Gasteiger partial charge in [-0.1, -0.05) is 0 Å². The van der Waals surface area contributed by atoms with Crippen LogP contribution in [-0.4, -0.2) is 18.7 Å². The Kier molecular flexibility index (Phi) is 2.19. The summed E-state index contributed by atoms with van der Waals surface area (Å²) in [6, 6.07) is 3.40. The van der Waals surface area contributed by atoms with E-state index in [1.54, 1.807) is 12.1 Å². The summed E-state index contributed by atoms with van der Waals surface area (Å²) < 4.78 is 22.1. The SMILES string of the molecule is O=S([O-])c1c[nH]c2nc(Br)ccc12. The van der Waals surface area contributed by atoms with Crippen molar-refractivity contribution in [2.75, 3.05) is 0 Å². The highest BCUT2D eigenvalue weighted by Crippen LogP contribution is 2.20. The van der Waals surface area contributed by atoms with Crippen LogP contribution in [0.1, 0.15) is 0 Å². The van der Waals surface area contributed by atoms with E-state index < -0.39 is 11.1 Å². The number of H-pyrrole nitrogens is 1. The summed E-state index contributed by atoms with van der Waals surface area (Å²) in [5, 5.41) is 0.608. The quantitative estimate of drug-likeness (QED) is 0.625. The summed E-state index contributed by atoms with van der Waals surface area (Å²) in [7, 11) is 0. The van der Waals surface area contributed by atoms with Gasteiger partial charge in [-0.15, -0.1) is 0 Å². The van der Waals surface area contributed by atoms with Gasteiger partial charge < -0.3 is 9.54 Å². The van der Waals surface area contributed by atoms with Crippen LogP contribution in [0.5, 0.6) is 0 Å². The van der Waals surface area contributed by atoms with Crippen molar-refractivity contribution in [1.29, 1.82) is 0 Å². The van der Waals surface area contributed by atoms with Crippen LogP contribution in [-0.2, 0) is 11.1 Å². The Labute approximate surface area is 84.8 Å². The van der Waals surface area contributed by atoms with Gasteiger partial charge in [0.05, 0.1) is 4.90 Å². The third-order valence-electron chi connectivity index (χ3n) is 1.65. The molecule has 13 heavy (non-hydrogen) atoms. The fourth-order valence-corrected chi connectivity index (χ4v) is 1.90. The maximum Gasteiger partial charge on any atom is 0.139 e. The topological polar surface area (TPSA) is 68.8 Å². The van der Waals surface area contributed by atoms with Crippen molar-refractivity contribution in [3.05, 3.63) is 22.9 Å². The molecule has 0 aliphatic heterocycles. The number of fused-ring (bicyclic) bond motifs is 1. The van der Waals surface area contributed by atoms with Crippen LogP contribution in [0.25, 0.3) is 11.0 Å². The zero-order valence-electron chi connectivity index (χ0n) is 6.28. The maximum atomic E-state index is 10.7. The van der Waals surface area contributed by atoms with Gasteiger partial charge in [-0.05, 0) is 39.1 Å². The van der Waals surface area contributed by atoms with Crippen LogP contribution < -0.4 is 0 Å². The number of aromatic amines is 1. The highest BCUT2D eigenvalue weighted by Gasteiger charge is 2.04. The lowest BCUT2D eigenvalue weighted by Gasteiger charge is -2.01. The van der Waals surface area contributed by atoms with Gasteiger partial charge in [0.2, 0.25) is 0 Å². The number of aromatic nitrogens is 2. The Balaban J connectivity index is 2.76. The van der Waals surface area contributed by atoms with Gasteiger partial charge in [-0.25, -0.2) is 4.98 Å². The summed E-state index contributed by atoms with van der Waals surface area (Å²) >= 11 is 0.978. The number of pyridine rings is 1. The fraction of sp³-hybridized carbons (Fsp3) is 0. The second-order valence-corrected chi connectivity index (χ2v) is 4.14. The lowest BCUT2D eigenvalue weighted by atomic mass is 10.3. The number of hydrogen-bond acceptors (Lipinski definition) is 3. The first-order chi connectivity index (χ1) is 6.18. The van der Waals surface area contributed by atoms with E-state index in [2.05, 4.69) is 25.9 Å². The Bertz CT molecular complexity index is 482. The minimum Gasteiger partial charge on any atom is -0.768 e. The molecule has 2 aromatic rings. The lowest BCUT2D eigenvalue weighted by molar-refractivity contribution is 0.538. The standard InChI is InChI=1S/C7H5BrN2O2S/c8-6-2-1-4-5(13(11)12)3-9-7(4)10-6/h1-3H,(H,9,10)(H,11,12)/p-1. The summed E-state index contributed by atoms with van der Waals surface area (Å²) in [6.45, 7) is 0. The molecule has 0 aliphatic carbocycles. The third kappa shape index (κ3) is 1.52. The van der Waals surface area contributed by atoms with Gasteiger partial charge in [-0.3, -0.25) is 4.21 Å². The average molecular weight is 260 g/mol. The first-order valence-corrected chi connectivity index (χ1v) is 5.28. The van der Waals surface area contributed by atoms with Crippen molar-refractivity contribution in [3.63, 3.8) is 0 Å². The van der Waals surface area contributed by atoms with Gasteiger partial charge in [0, 0.05) is 11.6 Å². The van der Waals surface area contributed by atoms with Crippen molar-refractivity contribution >= 4 is 38.0 Å². The van der Waals surface area contributed by atoms with E-state index >= 15 is 0 Å². The fourth-order valence-electron chi connectivity index (χ4n) is 1.09. The maximum absolute atomic E-state index is 10.7. The van der Waals surface area contributed by atoms with E-state index in [4.69, 9.17) is 0 Å². The normalized spacial score (nSPS) is 13.4. The molecule has 1 N–H and O–H groups in total. The molecule has 2 aromatic heterocycles. The molecule has 0 spiro atoms. The third-order valence-corrected chi connectivity index (χ3v) is 2.78. The number of halogens is 1. The minimum absolute atomic E-state index is 0.245. The van der Waals surface area contributed by atoms with E-state index in [9.17, 15) is 8.76 Å². The van der Waals surface area contributed by atoms with Crippen LogP contribution in [0.15, 0.2) is 27.8 Å². The van der Waals surface area contributed by atoms with Crippen LogP contribution in [0, 0.1) is 0 Å². The van der Waals surface area contributed by atoms with E-state index in [-0.39, 0.29) is 4.90 Å². The second-order valence-electron chi connectivity index (χ2n) is 2.42. The summed E-state index contributed by atoms with van der Waals surface area (Å²) in [4.78, 5) is 7.09. The van der Waals surface area contributed by atoms with Gasteiger partial charge in [0.1, 0.15) is 10.3 Å². The highest BCUT2D eigenvalue weighted by atomic mass is 79.9. The molecular formula is C7H4BrN2O2S-. The monoisotopic (exact) mass is 259 g/mol. The number of hydrogen-bond donors (Lipinski definition) is 1. The zero-order valence-corrected chi connectivity index (χ0v) is 8.68. The van der Waals surface area contributed by atoms with Crippen LogP contribution >= 0.6 is 15.9 Å². The van der Waals surface area contributed by atoms with Crippen LogP contribution in [0.2, 0.25) is 0 Å². The summed E-state index contributed by atoms with van der Waals surface area (Å²) in [5.74, 6) is 0. The molecule has 2 rings (SSSR count). The van der Waals surface area contributed by atoms with E-state index in [0.717, 1.165) is 0 Å². The summed E-state index contributed by atoms with van der Waals surface area (Å²) in [6.07, 6.45) is 1.42. The first-order valence-electron chi connectivity index (χ1n) is 3.41. The number of nitrogens with one attached hydrogen (secondary N) is 1. The molecule has 0 saturated heterocycles. The van der Waals surface area contributed by atoms with Gasteiger partial charge in [0.15, 0.2) is 0 Å². The predicted molar refractivity (Wildman–Crippen MR) is 51.0 cm³/mol. The second kappa shape index (κ2) is 3.21. The first kappa shape index (κ1) is 8.86. The average Bonchev–Trinajstić information content (AvgIpc) is 2.46. The van der Waals surface area contributed by atoms with Gasteiger partial charge >= 0.3 is 0 Å². The molecule has 0 aromatic carbocycles. The molecule has 0 amide bonds. The molecule has 1 unspecified atom stereocenters. The Morgan fingerprint density at radius 2 is 2.31 bits per heavy atom. The van der Waals surface area contributed by atoms with Crippen molar-refractivity contribution in [1.82, 2.24) is 9.97 Å². The van der Waals surface area contributed by atoms with E-state index in [0.29, 0.717) is 15.6 Å². The van der Waals surface area contributed by atoms with Crippen LogP contribution in [0.3, 0.4) is 0 Å². The molecule has 0 radical (unpaired) electrons. The molecule has 0 saturated carbocycles. The van der Waals surface area contributed by atoms with Crippen molar-refractivity contribution in [3.8, 4) is 0 Å². The molecule has 0 fully saturated rings. The van der Waals surface area contributed by atoms with Gasteiger partial charge in [0.25, 0.3) is 0 Å². The van der Waals surface area contributed by atoms with Crippen molar-refractivity contribution < 1.29 is 8.76 Å². The Morgan fingerprint density at radius 1 is 1.54 bits per heavy atom. The summed E-state index contributed by atoms with van der Waals surface area (Å²) in [5.41, 5.74) is 0.563. The smallest absolute Gasteiger partial charge is 0.139 e. The minimum atomic E-state index is -2.22. The lowest BCUT2D eigenvalue weighted by Crippen LogP contribution is -1.85. The van der Waals surface area contributed by atoms with E-state index in [1.807, 2.05) is 0 Å². The van der Waals surface area contributed by atoms with E-state index in [1.165, 1.54) is 6.20 Å². The molecule has 1 atom stereocenters. The van der Waals surface area contributed by atoms with Crippen LogP contribution in [0.4, 0.5) is 0 Å². The number of rotatable bonds is 1.